The number of rotatable bonds is 7. The van der Waals surface area contributed by atoms with Gasteiger partial charge in [0.25, 0.3) is 0 Å². The lowest BCUT2D eigenvalue weighted by Crippen LogP contribution is -2.41. The Morgan fingerprint density at radius 2 is 1.74 bits per heavy atom. The normalized spacial score (nSPS) is 17.8. The SMILES string of the molecule is O=C(O)C1CCCN(C(c2ccc(C(F)(F)F)cc2)c2cccc(OCc3ccccc3)c2)C1. The lowest BCUT2D eigenvalue weighted by Gasteiger charge is -2.37. The molecule has 0 spiro atoms. The van der Waals surface area contributed by atoms with Gasteiger partial charge in [-0.15, -0.1) is 0 Å². The maximum Gasteiger partial charge on any atom is 0.416 e. The molecule has 178 valence electrons. The number of carboxylic acids is 1. The average Bonchev–Trinajstić information content (AvgIpc) is 2.84. The highest BCUT2D eigenvalue weighted by molar-refractivity contribution is 5.70. The molecule has 1 heterocycles. The molecule has 1 saturated heterocycles. The summed E-state index contributed by atoms with van der Waals surface area (Å²) in [4.78, 5) is 13.7. The minimum Gasteiger partial charge on any atom is -0.489 e. The quantitative estimate of drug-likeness (QED) is 0.450. The average molecular weight is 470 g/mol. The van der Waals surface area contributed by atoms with Gasteiger partial charge < -0.3 is 9.84 Å². The van der Waals surface area contributed by atoms with Crippen LogP contribution >= 0.6 is 0 Å². The third-order valence-electron chi connectivity index (χ3n) is 6.14. The number of piperidine rings is 1. The Morgan fingerprint density at radius 3 is 2.41 bits per heavy atom. The first-order valence-corrected chi connectivity index (χ1v) is 11.2. The second-order valence-electron chi connectivity index (χ2n) is 8.54. The van der Waals surface area contributed by atoms with Gasteiger partial charge in [-0.1, -0.05) is 54.6 Å². The van der Waals surface area contributed by atoms with Gasteiger partial charge in [0.05, 0.1) is 17.5 Å². The summed E-state index contributed by atoms with van der Waals surface area (Å²) in [5.74, 6) is -0.718. The minimum atomic E-state index is -4.42. The molecule has 3 aromatic carbocycles. The fourth-order valence-corrected chi connectivity index (χ4v) is 4.43. The van der Waals surface area contributed by atoms with E-state index in [1.165, 1.54) is 12.1 Å². The molecule has 1 fully saturated rings. The largest absolute Gasteiger partial charge is 0.489 e. The van der Waals surface area contributed by atoms with Crippen molar-refractivity contribution in [2.24, 2.45) is 5.92 Å². The summed E-state index contributed by atoms with van der Waals surface area (Å²) in [5, 5.41) is 9.56. The maximum absolute atomic E-state index is 13.1. The summed E-state index contributed by atoms with van der Waals surface area (Å²) in [6.45, 7) is 1.38. The van der Waals surface area contributed by atoms with Crippen molar-refractivity contribution < 1.29 is 27.8 Å². The van der Waals surface area contributed by atoms with Crippen molar-refractivity contribution in [2.45, 2.75) is 31.7 Å². The predicted octanol–water partition coefficient (Wildman–Crippen LogP) is 6.17. The van der Waals surface area contributed by atoms with Crippen LogP contribution in [0, 0.1) is 5.92 Å². The highest BCUT2D eigenvalue weighted by atomic mass is 19.4. The zero-order valence-corrected chi connectivity index (χ0v) is 18.5. The van der Waals surface area contributed by atoms with Gasteiger partial charge in [0.15, 0.2) is 0 Å². The third kappa shape index (κ3) is 5.78. The summed E-state index contributed by atoms with van der Waals surface area (Å²) >= 11 is 0. The number of alkyl halides is 3. The molecule has 0 amide bonds. The monoisotopic (exact) mass is 469 g/mol. The van der Waals surface area contributed by atoms with Crippen LogP contribution in [-0.2, 0) is 17.6 Å². The molecule has 4 rings (SSSR count). The molecule has 0 radical (unpaired) electrons. The Bertz CT molecular complexity index is 1100. The first kappa shape index (κ1) is 23.8. The van der Waals surface area contributed by atoms with Crippen molar-refractivity contribution in [3.8, 4) is 5.75 Å². The lowest BCUT2D eigenvalue weighted by molar-refractivity contribution is -0.144. The zero-order chi connectivity index (χ0) is 24.1. The van der Waals surface area contributed by atoms with Gasteiger partial charge in [-0.3, -0.25) is 9.69 Å². The molecule has 0 aliphatic carbocycles. The van der Waals surface area contributed by atoms with Crippen LogP contribution in [0.15, 0.2) is 78.9 Å². The second-order valence-corrected chi connectivity index (χ2v) is 8.54. The van der Waals surface area contributed by atoms with Crippen molar-refractivity contribution in [1.29, 1.82) is 0 Å². The van der Waals surface area contributed by atoms with Gasteiger partial charge >= 0.3 is 12.1 Å². The summed E-state index contributed by atoms with van der Waals surface area (Å²) in [5.41, 5.74) is 1.83. The fourth-order valence-electron chi connectivity index (χ4n) is 4.43. The van der Waals surface area contributed by atoms with E-state index in [1.807, 2.05) is 59.5 Å². The van der Waals surface area contributed by atoms with Crippen molar-refractivity contribution in [1.82, 2.24) is 4.90 Å². The van der Waals surface area contributed by atoms with Crippen molar-refractivity contribution in [3.63, 3.8) is 0 Å². The number of likely N-dealkylation sites (tertiary alicyclic amines) is 1. The van der Waals surface area contributed by atoms with Crippen LogP contribution in [-0.4, -0.2) is 29.1 Å². The van der Waals surface area contributed by atoms with Gasteiger partial charge in [0.1, 0.15) is 12.4 Å². The van der Waals surface area contributed by atoms with Gasteiger partial charge in [-0.25, -0.2) is 0 Å². The van der Waals surface area contributed by atoms with Crippen LogP contribution in [0.4, 0.5) is 13.2 Å². The molecule has 34 heavy (non-hydrogen) atoms. The molecule has 0 saturated carbocycles. The molecule has 1 N–H and O–H groups in total. The molecule has 2 atom stereocenters. The smallest absolute Gasteiger partial charge is 0.416 e. The Hall–Kier alpha value is -3.32. The molecule has 1 aliphatic heterocycles. The van der Waals surface area contributed by atoms with Gasteiger partial charge in [0, 0.05) is 6.54 Å². The van der Waals surface area contributed by atoms with E-state index in [9.17, 15) is 23.1 Å². The van der Waals surface area contributed by atoms with E-state index in [1.54, 1.807) is 0 Å². The van der Waals surface area contributed by atoms with Crippen LogP contribution in [0.1, 0.15) is 41.1 Å². The standard InChI is InChI=1S/C27H26F3NO3/c28-27(29,30)23-13-11-20(12-14-23)25(31-15-5-9-22(17-31)26(32)33)21-8-4-10-24(16-21)34-18-19-6-2-1-3-7-19/h1-4,6-8,10-14,16,22,25H,5,9,15,17-18H2,(H,32,33). The number of aliphatic carboxylic acids is 1. The van der Waals surface area contributed by atoms with E-state index in [-0.39, 0.29) is 6.04 Å². The number of carbonyl (C=O) groups is 1. The van der Waals surface area contributed by atoms with Crippen molar-refractivity contribution in [3.05, 3.63) is 101 Å². The van der Waals surface area contributed by atoms with Crippen LogP contribution in [0.2, 0.25) is 0 Å². The van der Waals surface area contributed by atoms with E-state index in [2.05, 4.69) is 0 Å². The number of benzene rings is 3. The first-order chi connectivity index (χ1) is 16.3. The minimum absolute atomic E-state index is 0.329. The summed E-state index contributed by atoms with van der Waals surface area (Å²) in [6, 6.07) is 22.0. The molecule has 3 aromatic rings. The molecule has 4 nitrogen and oxygen atoms in total. The highest BCUT2D eigenvalue weighted by Crippen LogP contribution is 2.36. The van der Waals surface area contributed by atoms with Gasteiger partial charge in [0.2, 0.25) is 0 Å². The second kappa shape index (κ2) is 10.3. The number of hydrogen-bond acceptors (Lipinski definition) is 3. The number of carboxylic acid groups (broad SMARTS) is 1. The molecular weight excluding hydrogens is 443 g/mol. The highest BCUT2D eigenvalue weighted by Gasteiger charge is 2.33. The Labute approximate surface area is 196 Å². The van der Waals surface area contributed by atoms with E-state index >= 15 is 0 Å². The van der Waals surface area contributed by atoms with Crippen LogP contribution in [0.3, 0.4) is 0 Å². The third-order valence-corrected chi connectivity index (χ3v) is 6.14. The summed E-state index contributed by atoms with van der Waals surface area (Å²) in [6.07, 6.45) is -3.12. The molecular formula is C27H26F3NO3. The number of ether oxygens (including phenoxy) is 1. The number of nitrogens with zero attached hydrogens (tertiary/aromatic N) is 1. The molecule has 0 bridgehead atoms. The summed E-state index contributed by atoms with van der Waals surface area (Å²) in [7, 11) is 0. The molecule has 7 heteroatoms. The van der Waals surface area contributed by atoms with E-state index in [0.29, 0.717) is 43.9 Å². The molecule has 2 unspecified atom stereocenters. The van der Waals surface area contributed by atoms with E-state index in [0.717, 1.165) is 23.3 Å². The Kier molecular flexibility index (Phi) is 7.22. The van der Waals surface area contributed by atoms with E-state index < -0.39 is 23.6 Å². The molecule has 1 aliphatic rings. The topological polar surface area (TPSA) is 49.8 Å². The van der Waals surface area contributed by atoms with Gasteiger partial charge in [-0.2, -0.15) is 13.2 Å². The predicted molar refractivity (Wildman–Crippen MR) is 122 cm³/mol. The lowest BCUT2D eigenvalue weighted by atomic mass is 9.91. The van der Waals surface area contributed by atoms with Crippen LogP contribution in [0.5, 0.6) is 5.75 Å². The Balaban J connectivity index is 1.64. The molecule has 0 aromatic heterocycles. The van der Waals surface area contributed by atoms with Crippen molar-refractivity contribution in [2.75, 3.05) is 13.1 Å². The van der Waals surface area contributed by atoms with Gasteiger partial charge in [-0.05, 0) is 60.3 Å². The fraction of sp³-hybridized carbons (Fsp3) is 0.296. The number of hydrogen-bond donors (Lipinski definition) is 1. The first-order valence-electron chi connectivity index (χ1n) is 11.2. The van der Waals surface area contributed by atoms with E-state index in [4.69, 9.17) is 4.74 Å². The van der Waals surface area contributed by atoms with Crippen LogP contribution in [0.25, 0.3) is 0 Å². The maximum atomic E-state index is 13.1. The summed E-state index contributed by atoms with van der Waals surface area (Å²) < 4.78 is 45.3. The van der Waals surface area contributed by atoms with Crippen LogP contribution < -0.4 is 4.74 Å². The zero-order valence-electron chi connectivity index (χ0n) is 18.5. The van der Waals surface area contributed by atoms with Crippen molar-refractivity contribution >= 4 is 5.97 Å². The Morgan fingerprint density at radius 1 is 1.00 bits per heavy atom. The number of halogens is 3.